The summed E-state index contributed by atoms with van der Waals surface area (Å²) in [5.41, 5.74) is 24.3. The number of para-hydroxylation sites is 4. The van der Waals surface area contributed by atoms with Crippen LogP contribution < -0.4 is 0 Å². The van der Waals surface area contributed by atoms with E-state index in [1.54, 1.807) is 25.1 Å². The molecule has 0 fully saturated rings. The summed E-state index contributed by atoms with van der Waals surface area (Å²) < 4.78 is 14.7. The van der Waals surface area contributed by atoms with Gasteiger partial charge in [-0.15, -0.1) is 136 Å². The first-order chi connectivity index (χ1) is 56.2. The van der Waals surface area contributed by atoms with Crippen molar-refractivity contribution >= 4 is 61.1 Å². The number of aliphatic hydroxyl groups is 2. The molecule has 0 aliphatic rings. The Morgan fingerprint density at radius 2 is 0.633 bits per heavy atom. The fraction of sp³-hybridized carbons (Fsp3) is 0.0777. The second-order valence-corrected chi connectivity index (χ2v) is 27.0. The number of ketones is 2. The van der Waals surface area contributed by atoms with E-state index in [2.05, 4.69) is 200 Å². The Morgan fingerprint density at radius 3 is 0.958 bits per heavy atom. The van der Waals surface area contributed by atoms with E-state index in [9.17, 15) is 18.8 Å². The number of benzene rings is 11. The fourth-order valence-electron chi connectivity index (χ4n) is 12.6. The molecule has 0 aliphatic carbocycles. The second kappa shape index (κ2) is 47.4. The summed E-state index contributed by atoms with van der Waals surface area (Å²) in [7, 11) is 0. The molecule has 17 rings (SSSR count). The van der Waals surface area contributed by atoms with E-state index in [1.807, 2.05) is 158 Å². The maximum atomic E-state index is 14.7. The van der Waals surface area contributed by atoms with E-state index in [1.165, 1.54) is 96.3 Å². The zero-order chi connectivity index (χ0) is 81.9. The van der Waals surface area contributed by atoms with Gasteiger partial charge in [0.05, 0.1) is 39.3 Å². The molecule has 0 amide bonds. The van der Waals surface area contributed by atoms with Crippen molar-refractivity contribution in [2.24, 2.45) is 0 Å². The Bertz CT molecular complexity index is 5900. The summed E-state index contributed by atoms with van der Waals surface area (Å²) >= 11 is 0. The number of carboxylic acids is 1. The van der Waals surface area contributed by atoms with Crippen LogP contribution in [0.3, 0.4) is 0 Å². The zero-order valence-electron chi connectivity index (χ0n) is 66.8. The van der Waals surface area contributed by atoms with Crippen LogP contribution in [0.25, 0.3) is 133 Å². The number of hydrogen-bond donors (Lipinski definition) is 3. The van der Waals surface area contributed by atoms with Crippen LogP contribution in [-0.2, 0) is 90.0 Å². The average Bonchev–Trinajstić information content (AvgIpc) is 0.805. The summed E-state index contributed by atoms with van der Waals surface area (Å²) in [5, 5.41) is 29.1. The van der Waals surface area contributed by atoms with Crippen LogP contribution in [0.5, 0.6) is 0 Å². The predicted octanol–water partition coefficient (Wildman–Crippen LogP) is 25.1. The van der Waals surface area contributed by atoms with Gasteiger partial charge >= 0.3 is 5.97 Å². The number of pyridine rings is 6. The van der Waals surface area contributed by atoms with Gasteiger partial charge in [0.15, 0.2) is 11.6 Å². The van der Waals surface area contributed by atoms with Crippen LogP contribution in [0.1, 0.15) is 60.4 Å². The van der Waals surface area contributed by atoms with Crippen LogP contribution in [-0.4, -0.2) is 62.8 Å². The molecule has 0 bridgehead atoms. The molecular weight excluding hydrogens is 2210 g/mol. The number of aromatic carboxylic acids is 1. The van der Waals surface area contributed by atoms with Crippen molar-refractivity contribution in [3.8, 4) is 89.7 Å². The van der Waals surface area contributed by atoms with Gasteiger partial charge in [-0.2, -0.15) is 0 Å². The number of allylic oxidation sites excluding steroid dienone is 4. The molecule has 0 aliphatic heterocycles. The number of fused-ring (bicyclic) bond motifs is 4. The molecule has 17 aromatic rings. The molecule has 17 heteroatoms. The minimum absolute atomic E-state index is 0. The van der Waals surface area contributed by atoms with Crippen molar-refractivity contribution in [1.29, 1.82) is 0 Å². The first-order valence-electron chi connectivity index (χ1n) is 37.4. The van der Waals surface area contributed by atoms with E-state index < -0.39 is 5.97 Å². The first-order valence-corrected chi connectivity index (χ1v) is 37.4. The minimum atomic E-state index is -0.990. The van der Waals surface area contributed by atoms with Gasteiger partial charge in [-0.3, -0.25) is 34.5 Å². The monoisotopic (exact) mass is 2290 g/mol. The van der Waals surface area contributed by atoms with Gasteiger partial charge < -0.3 is 15.3 Å². The van der Waals surface area contributed by atoms with Gasteiger partial charge in [0.2, 0.25) is 0 Å². The Hall–Kier alpha value is -12.2. The van der Waals surface area contributed by atoms with Gasteiger partial charge in [0.1, 0.15) is 11.5 Å². The molecule has 3 N–H and O–H groups in total. The third kappa shape index (κ3) is 26.9. The Morgan fingerprint density at radius 1 is 0.325 bits per heavy atom. The van der Waals surface area contributed by atoms with Crippen molar-refractivity contribution in [3.63, 3.8) is 0 Å². The van der Waals surface area contributed by atoms with Gasteiger partial charge in [-0.1, -0.05) is 210 Å². The maximum absolute atomic E-state index is 14.7. The quantitative estimate of drug-likeness (QED) is 0.0632. The molecule has 608 valence electrons. The van der Waals surface area contributed by atoms with Crippen molar-refractivity contribution in [1.82, 2.24) is 29.9 Å². The summed E-state index contributed by atoms with van der Waals surface area (Å²) in [6.45, 7) is 13.8. The van der Waals surface area contributed by atoms with E-state index in [0.29, 0.717) is 22.2 Å². The Balaban J connectivity index is 0.000000200. The van der Waals surface area contributed by atoms with Crippen molar-refractivity contribution in [2.45, 2.75) is 55.4 Å². The van der Waals surface area contributed by atoms with Crippen LogP contribution >= 0.6 is 0 Å². The fourth-order valence-corrected chi connectivity index (χ4v) is 12.6. The number of carboxylic acid groups (broad SMARTS) is 1. The standard InChI is InChI=1S/C22H15FN.2C22H16N.C21H15N2.C6H5NO2.2C5H8O2.4Ir/c1-15-21(23)19-12-5-6-13-20(19)24-22(15)18-11-7-10-17(14-18)16-8-3-2-4-9-16;2*1-16-14-19-10-5-6-13-21(19)23-22(16)20-12-7-11-18(15-20)17-8-3-2-4-9-17;1-15-13-16-7-2-3-11-20(16)23-21(15)18-9-6-8-17(14-18)19-10-4-5-12-22-19;8-6(9)5-3-1-2-4-7-5;2*1-4(6)3-5(2)7;;;;/h2-10,12-14H,1H3;2*2-11,13-15H,1H3;2-8,10-14H,1H3;1-4H,(H,8,9);2*3,6H,1-2H3;;;;/q4*-1;;;;;;;. The van der Waals surface area contributed by atoms with Crippen LogP contribution in [0, 0.1) is 57.8 Å². The molecule has 0 unspecified atom stereocenters. The van der Waals surface area contributed by atoms with Crippen LogP contribution in [0.15, 0.2) is 352 Å². The molecule has 0 saturated heterocycles. The number of rotatable bonds is 11. The molecule has 0 spiro atoms. The van der Waals surface area contributed by atoms with E-state index >= 15 is 0 Å². The van der Waals surface area contributed by atoms with Gasteiger partial charge in [0, 0.05) is 110 Å². The van der Waals surface area contributed by atoms with E-state index in [0.717, 1.165) is 89.2 Å². The minimum Gasteiger partial charge on any atom is -0.512 e. The average molecular weight is 2290 g/mol. The number of carbonyl (C=O) groups is 3. The number of hydrogen-bond acceptors (Lipinski definition) is 11. The summed E-state index contributed by atoms with van der Waals surface area (Å²) in [6, 6.07) is 118. The normalized spacial score (nSPS) is 10.4. The number of aromatic nitrogens is 6. The molecule has 12 nitrogen and oxygen atoms in total. The summed E-state index contributed by atoms with van der Waals surface area (Å²) in [4.78, 5) is 57.4. The Kier molecular flexibility index (Phi) is 37.5. The predicted molar refractivity (Wildman–Crippen MR) is 468 cm³/mol. The zero-order valence-corrected chi connectivity index (χ0v) is 76.4. The van der Waals surface area contributed by atoms with E-state index in [4.69, 9.17) is 30.3 Å². The van der Waals surface area contributed by atoms with Crippen molar-refractivity contribution < 1.29 is 115 Å². The molecule has 120 heavy (non-hydrogen) atoms. The van der Waals surface area contributed by atoms with E-state index in [-0.39, 0.29) is 115 Å². The van der Waals surface area contributed by atoms with Crippen LogP contribution in [0.2, 0.25) is 0 Å². The molecule has 11 aromatic carbocycles. The van der Waals surface area contributed by atoms with Crippen molar-refractivity contribution in [3.05, 3.63) is 410 Å². The largest absolute Gasteiger partial charge is 0.512 e. The molecular formula is C103H83FIr4N6O6-4. The number of carbonyl (C=O) groups excluding carboxylic acids is 2. The molecule has 0 saturated carbocycles. The second-order valence-electron chi connectivity index (χ2n) is 27.0. The SMILES string of the molecule is CC(=O)C=C(C)O.CC(=O)C=C(C)O.Cc1c(-c2[c-]ccc(-c3ccccc3)c2)nc2ccccc2c1F.Cc1cc2ccccc2nc1-c1[c-]ccc(-c2ccccc2)c1.Cc1cc2ccccc2nc1-c1[c-]ccc(-c2ccccc2)c1.Cc1cc2ccccc2nc1-c1[c-]ccc(-c2ccccn2)c1.O=C(O)c1ccccn1.[Ir].[Ir].[Ir].[Ir]. The van der Waals surface area contributed by atoms with Gasteiger partial charge in [0.25, 0.3) is 0 Å². The molecule has 0 atom stereocenters. The Labute approximate surface area is 753 Å². The third-order valence-electron chi connectivity index (χ3n) is 18.0. The third-order valence-corrected chi connectivity index (χ3v) is 18.0. The molecule has 6 heterocycles. The first kappa shape index (κ1) is 94.9. The van der Waals surface area contributed by atoms with Crippen molar-refractivity contribution in [2.75, 3.05) is 0 Å². The molecule has 4 radical (unpaired) electrons. The van der Waals surface area contributed by atoms with Crippen LogP contribution in [0.4, 0.5) is 4.39 Å². The topological polar surface area (TPSA) is 189 Å². The summed E-state index contributed by atoms with van der Waals surface area (Å²) in [6.07, 6.45) is 5.59. The number of aliphatic hydroxyl groups excluding tert-OH is 2. The van der Waals surface area contributed by atoms with Gasteiger partial charge in [-0.05, 0) is 171 Å². The number of aryl methyl sites for hydroxylation is 3. The van der Waals surface area contributed by atoms with Gasteiger partial charge in [-0.25, -0.2) is 14.2 Å². The summed E-state index contributed by atoms with van der Waals surface area (Å²) in [5.74, 6) is -1.33. The smallest absolute Gasteiger partial charge is 0.354 e. The number of halogens is 1. The number of nitrogens with zero attached hydrogens (tertiary/aromatic N) is 6. The maximum Gasteiger partial charge on any atom is 0.354 e. The molecule has 6 aromatic heterocycles.